The molecule has 0 radical (unpaired) electrons. The number of rotatable bonds is 14. The van der Waals surface area contributed by atoms with E-state index >= 15 is 0 Å². The summed E-state index contributed by atoms with van der Waals surface area (Å²) in [6.45, 7) is -0.851. The van der Waals surface area contributed by atoms with Gasteiger partial charge in [0.25, 0.3) is 10.1 Å². The molecule has 0 aromatic heterocycles. The molecule has 0 spiro atoms. The van der Waals surface area contributed by atoms with E-state index in [2.05, 4.69) is 9.89 Å². The maximum absolute atomic E-state index is 13.7. The Balaban J connectivity index is 0.000000497. The summed E-state index contributed by atoms with van der Waals surface area (Å²) in [6.07, 6.45) is 0. The summed E-state index contributed by atoms with van der Waals surface area (Å²) in [6, 6.07) is 13.5. The highest BCUT2D eigenvalue weighted by molar-refractivity contribution is 7.85. The number of ether oxygens (including phenoxy) is 4. The molecule has 2 rings (SSSR count). The average molecular weight is 534 g/mol. The van der Waals surface area contributed by atoms with E-state index in [0.717, 1.165) is 0 Å². The maximum Gasteiger partial charge on any atom is 0.267 e. The van der Waals surface area contributed by atoms with Crippen LogP contribution in [0, 0.1) is 0 Å². The van der Waals surface area contributed by atoms with Gasteiger partial charge >= 0.3 is 0 Å². The number of halogens is 2. The van der Waals surface area contributed by atoms with Crippen LogP contribution in [0.1, 0.15) is 23.0 Å². The topological polar surface area (TPSA) is 124 Å². The summed E-state index contributed by atoms with van der Waals surface area (Å²) in [7, 11) is 0.708. The summed E-state index contributed by atoms with van der Waals surface area (Å²) >= 11 is 0. The molecule has 2 aromatic carbocycles. The second kappa shape index (κ2) is 16.8. The van der Waals surface area contributed by atoms with Crippen molar-refractivity contribution in [1.29, 1.82) is 0 Å². The largest absolute Gasteiger partial charge is 0.497 e. The highest BCUT2D eigenvalue weighted by atomic mass is 32.2. The molecule has 0 heterocycles. The first-order chi connectivity index (χ1) is 17.2. The Bertz CT molecular complexity index is 944. The Hall–Kier alpha value is -2.80. The lowest BCUT2D eigenvalue weighted by Crippen LogP contribution is -2.24. The Morgan fingerprint density at radius 3 is 1.58 bits per heavy atom. The third-order valence-electron chi connectivity index (χ3n) is 5.09. The van der Waals surface area contributed by atoms with E-state index in [9.17, 15) is 22.4 Å². The van der Waals surface area contributed by atoms with Crippen molar-refractivity contribution in [3.8, 4) is 11.5 Å². The lowest BCUT2D eigenvalue weighted by atomic mass is 9.84. The van der Waals surface area contributed by atoms with Gasteiger partial charge in [-0.05, 0) is 35.4 Å². The van der Waals surface area contributed by atoms with Crippen molar-refractivity contribution >= 4 is 15.8 Å². The molecule has 2 unspecified atom stereocenters. The minimum Gasteiger partial charge on any atom is -0.497 e. The zero-order valence-electron chi connectivity index (χ0n) is 20.5. The molecular formula is C24H33F2NO8S. The fourth-order valence-corrected chi connectivity index (χ4v) is 3.47. The first-order valence-corrected chi connectivity index (χ1v) is 12.5. The normalized spacial score (nSPS) is 12.6. The highest BCUT2D eigenvalue weighted by Crippen LogP contribution is 2.30. The van der Waals surface area contributed by atoms with Crippen LogP contribution in [0.4, 0.5) is 8.78 Å². The molecule has 0 aliphatic carbocycles. The third-order valence-corrected chi connectivity index (χ3v) is 5.77. The van der Waals surface area contributed by atoms with Crippen LogP contribution in [0.5, 0.6) is 11.5 Å². The van der Waals surface area contributed by atoms with Crippen LogP contribution in [-0.4, -0.2) is 84.1 Å². The van der Waals surface area contributed by atoms with E-state index < -0.39 is 35.3 Å². The van der Waals surface area contributed by atoms with Crippen LogP contribution in [0.3, 0.4) is 0 Å². The molecule has 2 N–H and O–H groups in total. The summed E-state index contributed by atoms with van der Waals surface area (Å²) in [5.41, 5.74) is 1.21. The van der Waals surface area contributed by atoms with Crippen LogP contribution >= 0.6 is 0 Å². The van der Waals surface area contributed by atoms with Crippen LogP contribution in [0.2, 0.25) is 0 Å². The molecule has 0 bridgehead atoms. The Morgan fingerprint density at radius 1 is 0.833 bits per heavy atom. The second-order valence-corrected chi connectivity index (χ2v) is 8.95. The van der Waals surface area contributed by atoms with Crippen molar-refractivity contribution in [2.75, 3.05) is 60.3 Å². The predicted molar refractivity (Wildman–Crippen MR) is 132 cm³/mol. The second-order valence-electron chi connectivity index (χ2n) is 7.38. The van der Waals surface area contributed by atoms with E-state index in [1.54, 1.807) is 48.5 Å². The summed E-state index contributed by atoms with van der Waals surface area (Å²) in [5, 5.41) is 12.7. The van der Waals surface area contributed by atoms with Crippen molar-refractivity contribution in [1.82, 2.24) is 0 Å². The van der Waals surface area contributed by atoms with Gasteiger partial charge in [-0.1, -0.05) is 29.4 Å². The van der Waals surface area contributed by atoms with Crippen LogP contribution in [0.25, 0.3) is 0 Å². The van der Waals surface area contributed by atoms with E-state index in [0.29, 0.717) is 35.8 Å². The summed E-state index contributed by atoms with van der Waals surface area (Å²) < 4.78 is 75.5. The number of benzene rings is 2. The lowest BCUT2D eigenvalue weighted by molar-refractivity contribution is 0.0781. The van der Waals surface area contributed by atoms with E-state index in [1.807, 2.05) is 0 Å². The van der Waals surface area contributed by atoms with Gasteiger partial charge in [-0.2, -0.15) is 8.42 Å². The number of nitrogens with zero attached hydrogens (tertiary/aromatic N) is 1. The smallest absolute Gasteiger partial charge is 0.267 e. The van der Waals surface area contributed by atoms with Gasteiger partial charge in [0.1, 0.15) is 24.8 Å². The minimum atomic E-state index is -3.88. The SMILES string of the molecule is COCCOCCS(=O)(=O)O.COc1ccc(C(CF)C(=NO)C(CF)c2ccc(OC)cc2)cc1. The molecule has 0 aliphatic rings. The lowest BCUT2D eigenvalue weighted by Gasteiger charge is -2.22. The van der Waals surface area contributed by atoms with E-state index in [-0.39, 0.29) is 18.1 Å². The van der Waals surface area contributed by atoms with Gasteiger partial charge in [0.2, 0.25) is 0 Å². The fourth-order valence-electron chi connectivity index (χ4n) is 3.14. The molecule has 0 saturated carbocycles. The molecule has 0 amide bonds. The van der Waals surface area contributed by atoms with Crippen molar-refractivity contribution in [2.45, 2.75) is 11.8 Å². The van der Waals surface area contributed by atoms with Crippen molar-refractivity contribution < 1.29 is 45.9 Å². The monoisotopic (exact) mass is 533 g/mol. The average Bonchev–Trinajstić information content (AvgIpc) is 2.89. The number of hydrogen-bond donors (Lipinski definition) is 2. The quantitative estimate of drug-likeness (QED) is 0.123. The van der Waals surface area contributed by atoms with Gasteiger partial charge in [-0.15, -0.1) is 0 Å². The molecule has 2 aromatic rings. The first-order valence-electron chi connectivity index (χ1n) is 10.9. The van der Waals surface area contributed by atoms with E-state index in [1.165, 1.54) is 21.3 Å². The van der Waals surface area contributed by atoms with Crippen molar-refractivity contribution in [3.05, 3.63) is 59.7 Å². The van der Waals surface area contributed by atoms with Crippen LogP contribution in [-0.2, 0) is 19.6 Å². The molecule has 12 heteroatoms. The van der Waals surface area contributed by atoms with Gasteiger partial charge in [-0.25, -0.2) is 0 Å². The van der Waals surface area contributed by atoms with Gasteiger partial charge in [0.05, 0.1) is 57.3 Å². The molecule has 0 saturated heterocycles. The fraction of sp³-hybridized carbons (Fsp3) is 0.458. The molecule has 202 valence electrons. The Kier molecular flexibility index (Phi) is 14.6. The molecule has 2 atom stereocenters. The number of oxime groups is 1. The summed E-state index contributed by atoms with van der Waals surface area (Å²) in [4.78, 5) is 0. The number of hydrogen-bond acceptors (Lipinski definition) is 8. The van der Waals surface area contributed by atoms with Crippen LogP contribution < -0.4 is 9.47 Å². The summed E-state index contributed by atoms with van der Waals surface area (Å²) in [5.74, 6) is -0.809. The highest BCUT2D eigenvalue weighted by Gasteiger charge is 2.28. The van der Waals surface area contributed by atoms with Crippen LogP contribution in [0.15, 0.2) is 53.7 Å². The predicted octanol–water partition coefficient (Wildman–Crippen LogP) is 3.88. The van der Waals surface area contributed by atoms with Gasteiger partial charge in [0.15, 0.2) is 0 Å². The maximum atomic E-state index is 13.7. The van der Waals surface area contributed by atoms with Gasteiger partial charge in [0, 0.05) is 7.11 Å². The van der Waals surface area contributed by atoms with E-state index in [4.69, 9.17) is 18.8 Å². The number of alkyl halides is 2. The van der Waals surface area contributed by atoms with Crippen molar-refractivity contribution in [3.63, 3.8) is 0 Å². The molecule has 0 aliphatic heterocycles. The standard InChI is InChI=1S/C19H21F2NO3.C5H12O5S/c1-24-15-7-3-13(4-8-15)17(11-20)19(22-23)18(12-21)14-5-9-16(25-2)10-6-14;1-9-2-3-10-4-5-11(6,7)8/h3-10,17-18,23H,11-12H2,1-2H3;2-5H2,1H3,(H,6,7,8). The molecule has 9 nitrogen and oxygen atoms in total. The third kappa shape index (κ3) is 10.9. The molecule has 0 fully saturated rings. The Labute approximate surface area is 210 Å². The first kappa shape index (κ1) is 31.2. The Morgan fingerprint density at radius 2 is 1.28 bits per heavy atom. The zero-order chi connectivity index (χ0) is 27.0. The number of methoxy groups -OCH3 is 3. The minimum absolute atomic E-state index is 0.00218. The van der Waals surface area contributed by atoms with Gasteiger partial charge in [-0.3, -0.25) is 13.3 Å². The molecule has 36 heavy (non-hydrogen) atoms. The zero-order valence-corrected chi connectivity index (χ0v) is 21.3. The molecular weight excluding hydrogens is 500 g/mol. The van der Waals surface area contributed by atoms with Crippen molar-refractivity contribution in [2.24, 2.45) is 5.16 Å². The van der Waals surface area contributed by atoms with Gasteiger partial charge < -0.3 is 24.2 Å².